The molecule has 0 aliphatic carbocycles. The summed E-state index contributed by atoms with van der Waals surface area (Å²) in [5.74, 6) is -0.927. The molecule has 2 rings (SSSR count). The first kappa shape index (κ1) is 23.1. The molecule has 0 saturated heterocycles. The number of carbonyl (C=O) groups is 1. The van der Waals surface area contributed by atoms with Crippen molar-refractivity contribution in [1.82, 2.24) is 4.90 Å². The van der Waals surface area contributed by atoms with Gasteiger partial charge in [-0.15, -0.1) is 6.58 Å². The minimum atomic E-state index is -4.60. The molecule has 0 heterocycles. The summed E-state index contributed by atoms with van der Waals surface area (Å²) in [5.41, 5.74) is -0.161. The molecular weight excluding hydrogens is 452 g/mol. The van der Waals surface area contributed by atoms with Crippen molar-refractivity contribution in [3.63, 3.8) is 0 Å². The van der Waals surface area contributed by atoms with Gasteiger partial charge in [0, 0.05) is 22.8 Å². The van der Waals surface area contributed by atoms with E-state index < -0.39 is 28.7 Å². The molecule has 0 spiro atoms. The van der Waals surface area contributed by atoms with Crippen LogP contribution in [0.2, 0.25) is 10.0 Å². The number of halogens is 5. The molecule has 0 saturated carbocycles. The van der Waals surface area contributed by atoms with Gasteiger partial charge in [0.1, 0.15) is 11.4 Å². The number of nitrogens with one attached hydrogen (secondary N) is 1. The molecule has 2 aromatic carbocycles. The molecule has 0 radical (unpaired) electrons. The molecule has 0 atom stereocenters. The topological polar surface area (TPSA) is 66.5 Å². The van der Waals surface area contributed by atoms with Crippen LogP contribution in [0.25, 0.3) is 0 Å². The highest BCUT2D eigenvalue weighted by atomic mass is 35.5. The second-order valence-electron chi connectivity index (χ2n) is 5.85. The second kappa shape index (κ2) is 9.06. The van der Waals surface area contributed by atoms with Crippen molar-refractivity contribution in [2.24, 2.45) is 0 Å². The van der Waals surface area contributed by atoms with E-state index in [1.54, 1.807) is 0 Å². The predicted molar refractivity (Wildman–Crippen MR) is 106 cm³/mol. The average molecular weight is 467 g/mol. The van der Waals surface area contributed by atoms with Gasteiger partial charge in [0.05, 0.1) is 5.02 Å². The lowest BCUT2D eigenvalue weighted by Gasteiger charge is -2.22. The van der Waals surface area contributed by atoms with E-state index in [1.807, 2.05) is 0 Å². The maximum Gasteiger partial charge on any atom is 0.406 e. The van der Waals surface area contributed by atoms with Crippen molar-refractivity contribution in [2.75, 3.05) is 17.8 Å². The Labute approximate surface area is 175 Å². The van der Waals surface area contributed by atoms with Crippen LogP contribution in [0.5, 0.6) is 0 Å². The molecule has 11 heteroatoms. The van der Waals surface area contributed by atoms with E-state index in [-0.39, 0.29) is 32.7 Å². The summed E-state index contributed by atoms with van der Waals surface area (Å²) in [6, 6.07) is 8.96. The molecule has 156 valence electrons. The molecule has 1 N–H and O–H groups in total. The number of carbonyl (C=O) groups excluding carboxylic acids is 1. The zero-order chi connectivity index (χ0) is 21.8. The minimum Gasteiger partial charge on any atom is -0.326 e. The van der Waals surface area contributed by atoms with Crippen LogP contribution in [0.3, 0.4) is 0 Å². The van der Waals surface area contributed by atoms with Gasteiger partial charge in [-0.3, -0.25) is 9.52 Å². The quantitative estimate of drug-likeness (QED) is 0.584. The number of amides is 1. The fraction of sp³-hybridized carbons (Fsp3) is 0.167. The van der Waals surface area contributed by atoms with Gasteiger partial charge < -0.3 is 4.90 Å². The molecule has 0 aliphatic heterocycles. The monoisotopic (exact) mass is 466 g/mol. The minimum absolute atomic E-state index is 0.0301. The van der Waals surface area contributed by atoms with E-state index >= 15 is 0 Å². The zero-order valence-electron chi connectivity index (χ0n) is 14.7. The Morgan fingerprint density at radius 2 is 1.86 bits per heavy atom. The fourth-order valence-corrected chi connectivity index (χ4v) is 4.20. The molecule has 2 aromatic rings. The molecular formula is C18H15Cl2F3N2O3S. The summed E-state index contributed by atoms with van der Waals surface area (Å²) in [7, 11) is -4.16. The van der Waals surface area contributed by atoms with Gasteiger partial charge in [0.2, 0.25) is 0 Å². The molecule has 0 unspecified atom stereocenters. The van der Waals surface area contributed by atoms with Gasteiger partial charge >= 0.3 is 6.18 Å². The summed E-state index contributed by atoms with van der Waals surface area (Å²) in [4.78, 5) is 12.7. The van der Waals surface area contributed by atoms with E-state index in [4.69, 9.17) is 23.2 Å². The van der Waals surface area contributed by atoms with Crippen molar-refractivity contribution in [1.29, 1.82) is 0 Å². The Bertz CT molecular complexity index is 1030. The van der Waals surface area contributed by atoms with Crippen LogP contribution in [0.15, 0.2) is 60.0 Å². The van der Waals surface area contributed by atoms with Gasteiger partial charge in [-0.2, -0.15) is 13.2 Å². The Balaban J connectivity index is 2.32. The van der Waals surface area contributed by atoms with Crippen LogP contribution in [-0.2, 0) is 10.0 Å². The summed E-state index contributed by atoms with van der Waals surface area (Å²) in [6.07, 6.45) is -3.43. The second-order valence-corrected chi connectivity index (χ2v) is 8.35. The van der Waals surface area contributed by atoms with Crippen molar-refractivity contribution >= 4 is 44.8 Å². The van der Waals surface area contributed by atoms with Crippen molar-refractivity contribution in [2.45, 2.75) is 11.1 Å². The first-order valence-corrected chi connectivity index (χ1v) is 10.2. The third-order valence-corrected chi connectivity index (χ3v) is 5.65. The lowest BCUT2D eigenvalue weighted by Crippen LogP contribution is -2.39. The zero-order valence-corrected chi connectivity index (χ0v) is 17.0. The molecule has 29 heavy (non-hydrogen) atoms. The first-order valence-electron chi connectivity index (χ1n) is 7.98. The number of nitrogens with zero attached hydrogens (tertiary/aromatic N) is 1. The van der Waals surface area contributed by atoms with E-state index in [9.17, 15) is 26.4 Å². The Kier molecular flexibility index (Phi) is 7.20. The van der Waals surface area contributed by atoms with Crippen molar-refractivity contribution in [3.8, 4) is 0 Å². The smallest absolute Gasteiger partial charge is 0.326 e. The van der Waals surface area contributed by atoms with Crippen LogP contribution < -0.4 is 4.72 Å². The lowest BCUT2D eigenvalue weighted by atomic mass is 10.1. The molecule has 0 bridgehead atoms. The average Bonchev–Trinajstić information content (AvgIpc) is 2.61. The van der Waals surface area contributed by atoms with Crippen LogP contribution in [-0.4, -0.2) is 38.5 Å². The van der Waals surface area contributed by atoms with Crippen LogP contribution >= 0.6 is 23.2 Å². The normalized spacial score (nSPS) is 11.8. The standard InChI is InChI=1S/C18H15Cl2F3N2O3S/c1-2-8-25(11-18(21,22)23)17(26)12-4-3-5-14(9-12)24-29(27,28)16-10-13(19)6-7-15(16)20/h2-7,9-10,24H,1,8,11H2. The van der Waals surface area contributed by atoms with Gasteiger partial charge in [-0.05, 0) is 36.4 Å². The van der Waals surface area contributed by atoms with E-state index in [2.05, 4.69) is 11.3 Å². The molecule has 0 aliphatic rings. The summed E-state index contributed by atoms with van der Waals surface area (Å²) in [6.45, 7) is 1.55. The number of benzene rings is 2. The number of hydrogen-bond acceptors (Lipinski definition) is 3. The Morgan fingerprint density at radius 3 is 2.48 bits per heavy atom. The summed E-state index contributed by atoms with van der Waals surface area (Å²) >= 11 is 11.7. The first-order chi connectivity index (χ1) is 13.4. The van der Waals surface area contributed by atoms with Gasteiger partial charge in [0.25, 0.3) is 15.9 Å². The highest BCUT2D eigenvalue weighted by molar-refractivity contribution is 7.92. The third-order valence-electron chi connectivity index (χ3n) is 3.55. The van der Waals surface area contributed by atoms with Crippen LogP contribution in [0.1, 0.15) is 10.4 Å². The lowest BCUT2D eigenvalue weighted by molar-refractivity contribution is -0.139. The summed E-state index contributed by atoms with van der Waals surface area (Å²) in [5, 5.41) is 0.0717. The van der Waals surface area contributed by atoms with Gasteiger partial charge in [-0.1, -0.05) is 35.3 Å². The number of sulfonamides is 1. The molecule has 0 fully saturated rings. The number of rotatable bonds is 7. The van der Waals surface area contributed by atoms with Crippen LogP contribution in [0.4, 0.5) is 18.9 Å². The highest BCUT2D eigenvalue weighted by Crippen LogP contribution is 2.27. The predicted octanol–water partition coefficient (Wildman–Crippen LogP) is 4.98. The highest BCUT2D eigenvalue weighted by Gasteiger charge is 2.33. The molecule has 5 nitrogen and oxygen atoms in total. The van der Waals surface area contributed by atoms with E-state index in [0.717, 1.165) is 18.2 Å². The maximum absolute atomic E-state index is 12.7. The SMILES string of the molecule is C=CCN(CC(F)(F)F)C(=O)c1cccc(NS(=O)(=O)c2cc(Cl)ccc2Cl)c1. The molecule has 1 amide bonds. The summed E-state index contributed by atoms with van der Waals surface area (Å²) < 4.78 is 65.5. The van der Waals surface area contributed by atoms with Crippen molar-refractivity contribution in [3.05, 3.63) is 70.7 Å². The van der Waals surface area contributed by atoms with Crippen molar-refractivity contribution < 1.29 is 26.4 Å². The number of anilines is 1. The number of hydrogen-bond donors (Lipinski definition) is 1. The van der Waals surface area contributed by atoms with Gasteiger partial charge in [0.15, 0.2) is 0 Å². The number of alkyl halides is 3. The Morgan fingerprint density at radius 1 is 1.17 bits per heavy atom. The van der Waals surface area contributed by atoms with E-state index in [0.29, 0.717) is 4.90 Å². The fourth-order valence-electron chi connectivity index (χ4n) is 2.38. The third kappa shape index (κ3) is 6.38. The van der Waals surface area contributed by atoms with E-state index in [1.165, 1.54) is 30.3 Å². The largest absolute Gasteiger partial charge is 0.406 e. The van der Waals surface area contributed by atoms with Crippen LogP contribution in [0, 0.1) is 0 Å². The molecule has 0 aromatic heterocycles. The van der Waals surface area contributed by atoms with Gasteiger partial charge in [-0.25, -0.2) is 8.42 Å². The maximum atomic E-state index is 12.7. The Hall–Kier alpha value is -2.23.